The fourth-order valence-corrected chi connectivity index (χ4v) is 2.90. The van der Waals surface area contributed by atoms with Crippen LogP contribution in [0.3, 0.4) is 0 Å². The van der Waals surface area contributed by atoms with Crippen LogP contribution in [0, 0.1) is 11.8 Å². The van der Waals surface area contributed by atoms with Gasteiger partial charge in [-0.1, -0.05) is 74.5 Å². The Labute approximate surface area is 167 Å². The van der Waals surface area contributed by atoms with Crippen LogP contribution in [-0.4, -0.2) is 23.2 Å². The standard InChI is InChI=1S/C21H29NO.2H2S/c1-17(2)21(16-23)15-22(14-19-10-6-4-7-11-19)18(3)20-12-8-5-9-13-20;;/h4-13,17-18,21,23H,14-16H2,1-3H3;2*1H2/t18-,21-;;/m0../s1. The Morgan fingerprint density at radius 3 is 1.84 bits per heavy atom. The Morgan fingerprint density at radius 1 is 0.840 bits per heavy atom. The number of benzene rings is 2. The van der Waals surface area contributed by atoms with E-state index in [4.69, 9.17) is 0 Å². The quantitative estimate of drug-likeness (QED) is 0.716. The van der Waals surface area contributed by atoms with Gasteiger partial charge in [-0.15, -0.1) is 0 Å². The van der Waals surface area contributed by atoms with Gasteiger partial charge in [-0.3, -0.25) is 4.90 Å². The smallest absolute Gasteiger partial charge is 0.0473 e. The van der Waals surface area contributed by atoms with Gasteiger partial charge in [-0.2, -0.15) is 27.0 Å². The highest BCUT2D eigenvalue weighted by Crippen LogP contribution is 2.25. The Balaban J connectivity index is 0.00000288. The number of aliphatic hydroxyl groups is 1. The molecule has 0 spiro atoms. The first-order valence-electron chi connectivity index (χ1n) is 8.55. The fourth-order valence-electron chi connectivity index (χ4n) is 2.90. The highest BCUT2D eigenvalue weighted by atomic mass is 32.1. The molecule has 2 aromatic carbocycles. The van der Waals surface area contributed by atoms with Gasteiger partial charge >= 0.3 is 0 Å². The molecule has 2 nitrogen and oxygen atoms in total. The topological polar surface area (TPSA) is 23.5 Å². The summed E-state index contributed by atoms with van der Waals surface area (Å²) < 4.78 is 0. The molecule has 0 heterocycles. The summed E-state index contributed by atoms with van der Waals surface area (Å²) in [6.45, 7) is 8.68. The first-order valence-corrected chi connectivity index (χ1v) is 8.55. The molecule has 0 aliphatic heterocycles. The van der Waals surface area contributed by atoms with Gasteiger partial charge in [0.05, 0.1) is 0 Å². The van der Waals surface area contributed by atoms with Gasteiger partial charge in [0, 0.05) is 25.7 Å². The van der Waals surface area contributed by atoms with Crippen LogP contribution in [0.5, 0.6) is 0 Å². The zero-order chi connectivity index (χ0) is 16.7. The van der Waals surface area contributed by atoms with Crippen LogP contribution in [0.4, 0.5) is 0 Å². The molecule has 0 fully saturated rings. The molecule has 0 saturated carbocycles. The van der Waals surface area contributed by atoms with E-state index >= 15 is 0 Å². The predicted octanol–water partition coefficient (Wildman–Crippen LogP) is 4.74. The zero-order valence-electron chi connectivity index (χ0n) is 15.5. The van der Waals surface area contributed by atoms with E-state index in [9.17, 15) is 5.11 Å². The molecular formula is C21H33NOS2. The van der Waals surface area contributed by atoms with E-state index in [1.54, 1.807) is 0 Å². The SMILES string of the molecule is CC(C)[C@H](CO)CN(Cc1ccccc1)[C@@H](C)c1ccccc1.S.S. The maximum Gasteiger partial charge on any atom is 0.0473 e. The van der Waals surface area contributed by atoms with Crippen LogP contribution in [-0.2, 0) is 6.54 Å². The minimum Gasteiger partial charge on any atom is -0.396 e. The molecule has 25 heavy (non-hydrogen) atoms. The molecule has 0 unspecified atom stereocenters. The lowest BCUT2D eigenvalue weighted by Crippen LogP contribution is -2.35. The summed E-state index contributed by atoms with van der Waals surface area (Å²) in [5.41, 5.74) is 2.64. The molecular weight excluding hydrogens is 346 g/mol. The van der Waals surface area contributed by atoms with Crippen molar-refractivity contribution in [2.24, 2.45) is 11.8 Å². The fraction of sp³-hybridized carbons (Fsp3) is 0.429. The molecule has 2 atom stereocenters. The van der Waals surface area contributed by atoms with E-state index in [0.717, 1.165) is 13.1 Å². The molecule has 0 amide bonds. The molecule has 2 aromatic rings. The third kappa shape index (κ3) is 7.45. The Hall–Kier alpha value is -0.940. The number of rotatable bonds is 8. The summed E-state index contributed by atoms with van der Waals surface area (Å²) in [7, 11) is 0. The van der Waals surface area contributed by atoms with Gasteiger partial charge in [0.2, 0.25) is 0 Å². The van der Waals surface area contributed by atoms with Crippen molar-refractivity contribution in [3.8, 4) is 0 Å². The number of aliphatic hydroxyl groups excluding tert-OH is 1. The van der Waals surface area contributed by atoms with Crippen molar-refractivity contribution >= 4 is 27.0 Å². The predicted molar refractivity (Wildman–Crippen MR) is 118 cm³/mol. The summed E-state index contributed by atoms with van der Waals surface area (Å²) in [5.74, 6) is 0.770. The van der Waals surface area contributed by atoms with Crippen molar-refractivity contribution in [3.63, 3.8) is 0 Å². The lowest BCUT2D eigenvalue weighted by molar-refractivity contribution is 0.104. The highest BCUT2D eigenvalue weighted by Gasteiger charge is 2.22. The third-order valence-electron chi connectivity index (χ3n) is 4.70. The molecule has 2 rings (SSSR count). The van der Waals surface area contributed by atoms with E-state index in [1.165, 1.54) is 11.1 Å². The number of hydrogen-bond acceptors (Lipinski definition) is 2. The van der Waals surface area contributed by atoms with Crippen molar-refractivity contribution in [2.75, 3.05) is 13.2 Å². The third-order valence-corrected chi connectivity index (χ3v) is 4.70. The van der Waals surface area contributed by atoms with E-state index in [0.29, 0.717) is 17.9 Å². The molecule has 4 heteroatoms. The maximum atomic E-state index is 9.74. The second kappa shape index (κ2) is 12.4. The normalized spacial score (nSPS) is 13.0. The monoisotopic (exact) mass is 379 g/mol. The van der Waals surface area contributed by atoms with Gasteiger partial charge in [0.15, 0.2) is 0 Å². The summed E-state index contributed by atoms with van der Waals surface area (Å²) in [5, 5.41) is 9.74. The second-order valence-electron chi connectivity index (χ2n) is 6.69. The average Bonchev–Trinajstić information content (AvgIpc) is 2.59. The molecule has 0 bridgehead atoms. The largest absolute Gasteiger partial charge is 0.396 e. The van der Waals surface area contributed by atoms with Crippen LogP contribution in [0.1, 0.15) is 37.9 Å². The van der Waals surface area contributed by atoms with Gasteiger partial charge in [0.25, 0.3) is 0 Å². The summed E-state index contributed by atoms with van der Waals surface area (Å²) >= 11 is 0. The summed E-state index contributed by atoms with van der Waals surface area (Å²) in [6, 6.07) is 21.5. The van der Waals surface area contributed by atoms with Crippen molar-refractivity contribution in [2.45, 2.75) is 33.4 Å². The van der Waals surface area contributed by atoms with E-state index in [-0.39, 0.29) is 33.6 Å². The van der Waals surface area contributed by atoms with Crippen molar-refractivity contribution < 1.29 is 5.11 Å². The van der Waals surface area contributed by atoms with Gasteiger partial charge in [-0.25, -0.2) is 0 Å². The van der Waals surface area contributed by atoms with Crippen LogP contribution in [0.2, 0.25) is 0 Å². The van der Waals surface area contributed by atoms with E-state index < -0.39 is 0 Å². The van der Waals surface area contributed by atoms with Crippen molar-refractivity contribution in [1.29, 1.82) is 0 Å². The summed E-state index contributed by atoms with van der Waals surface area (Å²) in [6.07, 6.45) is 0. The Morgan fingerprint density at radius 2 is 1.36 bits per heavy atom. The maximum absolute atomic E-state index is 9.74. The molecule has 1 N–H and O–H groups in total. The second-order valence-corrected chi connectivity index (χ2v) is 6.69. The summed E-state index contributed by atoms with van der Waals surface area (Å²) in [4.78, 5) is 2.48. The Kier molecular flexibility index (Phi) is 12.0. The van der Waals surface area contributed by atoms with Crippen LogP contribution in [0.15, 0.2) is 60.7 Å². The molecule has 140 valence electrons. The molecule has 0 aliphatic rings. The lowest BCUT2D eigenvalue weighted by atomic mass is 9.94. The molecule has 0 radical (unpaired) electrons. The lowest BCUT2D eigenvalue weighted by Gasteiger charge is -2.34. The minimum absolute atomic E-state index is 0. The number of nitrogens with zero attached hydrogens (tertiary/aromatic N) is 1. The van der Waals surface area contributed by atoms with E-state index in [1.807, 2.05) is 0 Å². The highest BCUT2D eigenvalue weighted by molar-refractivity contribution is 7.59. The minimum atomic E-state index is 0. The molecule has 0 saturated heterocycles. The molecule has 0 aliphatic carbocycles. The average molecular weight is 380 g/mol. The zero-order valence-corrected chi connectivity index (χ0v) is 17.5. The van der Waals surface area contributed by atoms with Gasteiger partial charge in [0.1, 0.15) is 0 Å². The van der Waals surface area contributed by atoms with Gasteiger partial charge in [-0.05, 0) is 29.9 Å². The van der Waals surface area contributed by atoms with Crippen molar-refractivity contribution in [3.05, 3.63) is 71.8 Å². The van der Waals surface area contributed by atoms with Crippen LogP contribution >= 0.6 is 27.0 Å². The van der Waals surface area contributed by atoms with Crippen LogP contribution < -0.4 is 0 Å². The molecule has 0 aromatic heterocycles. The van der Waals surface area contributed by atoms with Crippen molar-refractivity contribution in [1.82, 2.24) is 4.90 Å². The Bertz CT molecular complexity index is 563. The van der Waals surface area contributed by atoms with Gasteiger partial charge < -0.3 is 5.11 Å². The van der Waals surface area contributed by atoms with Crippen LogP contribution in [0.25, 0.3) is 0 Å². The first-order chi connectivity index (χ1) is 11.1. The number of hydrogen-bond donors (Lipinski definition) is 1. The van der Waals surface area contributed by atoms with E-state index in [2.05, 4.69) is 86.3 Å². The first kappa shape index (κ1) is 24.1.